The molecule has 4 heteroatoms. The first kappa shape index (κ1) is 18.9. The number of hydrogen-bond acceptors (Lipinski definition) is 4. The summed E-state index contributed by atoms with van der Waals surface area (Å²) in [4.78, 5) is 0. The van der Waals surface area contributed by atoms with Crippen molar-refractivity contribution in [2.24, 2.45) is 0 Å². The lowest BCUT2D eigenvalue weighted by Crippen LogP contribution is -2.38. The molecule has 0 saturated carbocycles. The molecule has 126 valence electrons. The summed E-state index contributed by atoms with van der Waals surface area (Å²) in [6.07, 6.45) is -0.541. The fourth-order valence-electron chi connectivity index (χ4n) is 2.17. The highest BCUT2D eigenvalue weighted by Gasteiger charge is 2.15. The normalized spacial score (nSPS) is 14.7. The molecule has 0 aliphatic rings. The Bertz CT molecular complexity index is 454. The lowest BCUT2D eigenvalue weighted by atomic mass is 9.86. The lowest BCUT2D eigenvalue weighted by Gasteiger charge is -2.21. The molecule has 0 aliphatic heterocycles. The van der Waals surface area contributed by atoms with Gasteiger partial charge in [-0.2, -0.15) is 0 Å². The lowest BCUT2D eigenvalue weighted by molar-refractivity contribution is 0.0970. The van der Waals surface area contributed by atoms with Gasteiger partial charge in [0.25, 0.3) is 0 Å². The molecule has 2 atom stereocenters. The summed E-state index contributed by atoms with van der Waals surface area (Å²) < 4.78 is 10.8. The molecule has 4 nitrogen and oxygen atoms in total. The maximum atomic E-state index is 9.97. The van der Waals surface area contributed by atoms with Crippen LogP contribution in [0.4, 0.5) is 0 Å². The summed E-state index contributed by atoms with van der Waals surface area (Å²) in [7, 11) is 1.67. The quantitative estimate of drug-likeness (QED) is 0.775. The average Bonchev–Trinajstić information content (AvgIpc) is 2.43. The number of benzene rings is 1. The predicted octanol–water partition coefficient (Wildman–Crippen LogP) is 2.66. The summed E-state index contributed by atoms with van der Waals surface area (Å²) in [5.74, 6) is 0.831. The van der Waals surface area contributed by atoms with E-state index >= 15 is 0 Å². The summed E-state index contributed by atoms with van der Waals surface area (Å²) in [6, 6.07) is 6.45. The highest BCUT2D eigenvalue weighted by molar-refractivity contribution is 5.38. The molecule has 0 fully saturated rings. The molecule has 1 aromatic rings. The molecule has 0 aliphatic carbocycles. The van der Waals surface area contributed by atoms with Gasteiger partial charge in [-0.3, -0.25) is 0 Å². The average molecular weight is 309 g/mol. The molecule has 0 unspecified atom stereocenters. The first-order valence-corrected chi connectivity index (χ1v) is 7.88. The molecule has 0 amide bonds. The van der Waals surface area contributed by atoms with E-state index in [-0.39, 0.29) is 18.1 Å². The molecule has 2 N–H and O–H groups in total. The topological polar surface area (TPSA) is 50.7 Å². The van der Waals surface area contributed by atoms with Crippen molar-refractivity contribution in [2.75, 3.05) is 26.9 Å². The predicted molar refractivity (Wildman–Crippen MR) is 90.7 cm³/mol. The first-order valence-electron chi connectivity index (χ1n) is 7.88. The molecule has 0 aromatic heterocycles. The Morgan fingerprint density at radius 3 is 2.45 bits per heavy atom. The Hall–Kier alpha value is -1.10. The van der Waals surface area contributed by atoms with Crippen molar-refractivity contribution in [1.29, 1.82) is 0 Å². The molecule has 0 bridgehead atoms. The number of aliphatic hydroxyl groups is 1. The molecule has 1 aromatic carbocycles. The van der Waals surface area contributed by atoms with E-state index in [2.05, 4.69) is 38.2 Å². The van der Waals surface area contributed by atoms with Crippen LogP contribution in [0.5, 0.6) is 5.75 Å². The minimum atomic E-state index is -0.541. The molecule has 0 spiro atoms. The van der Waals surface area contributed by atoms with E-state index in [1.165, 1.54) is 5.56 Å². The number of hydrogen-bond donors (Lipinski definition) is 2. The van der Waals surface area contributed by atoms with Crippen molar-refractivity contribution in [3.63, 3.8) is 0 Å². The van der Waals surface area contributed by atoms with Crippen LogP contribution in [0.15, 0.2) is 18.2 Å². The van der Waals surface area contributed by atoms with Gasteiger partial charge in [0, 0.05) is 19.7 Å². The highest BCUT2D eigenvalue weighted by atomic mass is 16.5. The van der Waals surface area contributed by atoms with Crippen LogP contribution in [0.3, 0.4) is 0 Å². The van der Waals surface area contributed by atoms with Gasteiger partial charge in [-0.25, -0.2) is 0 Å². The Kier molecular flexibility index (Phi) is 7.33. The van der Waals surface area contributed by atoms with Gasteiger partial charge in [0.2, 0.25) is 0 Å². The van der Waals surface area contributed by atoms with Gasteiger partial charge >= 0.3 is 0 Å². The van der Waals surface area contributed by atoms with Gasteiger partial charge in [0.15, 0.2) is 0 Å². The highest BCUT2D eigenvalue weighted by Crippen LogP contribution is 2.27. The van der Waals surface area contributed by atoms with Gasteiger partial charge in [0.05, 0.1) is 6.61 Å². The number of nitrogens with one attached hydrogen (secondary N) is 1. The van der Waals surface area contributed by atoms with Crippen LogP contribution in [0.2, 0.25) is 0 Å². The zero-order valence-electron chi connectivity index (χ0n) is 14.8. The molecule has 1 rings (SSSR count). The van der Waals surface area contributed by atoms with E-state index in [0.717, 1.165) is 11.3 Å². The summed E-state index contributed by atoms with van der Waals surface area (Å²) in [5.41, 5.74) is 2.51. The van der Waals surface area contributed by atoms with Gasteiger partial charge in [-0.15, -0.1) is 0 Å². The van der Waals surface area contributed by atoms with Crippen LogP contribution < -0.4 is 10.1 Å². The minimum Gasteiger partial charge on any atom is -0.491 e. The Balaban J connectivity index is 2.47. The van der Waals surface area contributed by atoms with Crippen LogP contribution in [0.25, 0.3) is 0 Å². The number of methoxy groups -OCH3 is 1. The van der Waals surface area contributed by atoms with Crippen LogP contribution in [-0.4, -0.2) is 44.1 Å². The van der Waals surface area contributed by atoms with Crippen LogP contribution in [0.1, 0.15) is 38.8 Å². The molecule has 22 heavy (non-hydrogen) atoms. The fourth-order valence-corrected chi connectivity index (χ4v) is 2.17. The Labute approximate surface area is 134 Å². The van der Waals surface area contributed by atoms with Gasteiger partial charge in [-0.1, -0.05) is 32.9 Å². The largest absolute Gasteiger partial charge is 0.491 e. The summed E-state index contributed by atoms with van der Waals surface area (Å²) in [6.45, 7) is 12.0. The minimum absolute atomic E-state index is 0.129. The van der Waals surface area contributed by atoms with Crippen LogP contribution in [0, 0.1) is 6.92 Å². The van der Waals surface area contributed by atoms with Gasteiger partial charge in [-0.05, 0) is 36.5 Å². The molecule has 0 radical (unpaired) electrons. The number of rotatable bonds is 8. The van der Waals surface area contributed by atoms with Gasteiger partial charge < -0.3 is 19.9 Å². The third-order valence-electron chi connectivity index (χ3n) is 3.59. The Morgan fingerprint density at radius 1 is 1.23 bits per heavy atom. The van der Waals surface area contributed by atoms with Crippen molar-refractivity contribution in [2.45, 2.75) is 52.2 Å². The van der Waals surface area contributed by atoms with E-state index < -0.39 is 6.10 Å². The number of aryl methyl sites for hydroxylation is 1. The standard InChI is InChI=1S/C18H31NO3/c1-13-9-15(18(3,4)5)7-8-17(13)22-12-16(20)10-19-14(2)11-21-6/h7-9,14,16,19-20H,10-12H2,1-6H3/t14-,16+/m1/s1. The second-order valence-corrected chi connectivity index (χ2v) is 6.96. The van der Waals surface area contributed by atoms with E-state index in [9.17, 15) is 5.11 Å². The van der Waals surface area contributed by atoms with Crippen LogP contribution in [-0.2, 0) is 10.2 Å². The summed E-state index contributed by atoms with van der Waals surface area (Å²) in [5, 5.41) is 13.2. The maximum Gasteiger partial charge on any atom is 0.122 e. The summed E-state index contributed by atoms with van der Waals surface area (Å²) >= 11 is 0. The maximum absolute atomic E-state index is 9.97. The molecule has 0 saturated heterocycles. The number of aliphatic hydroxyl groups excluding tert-OH is 1. The van der Waals surface area contributed by atoms with E-state index in [1.54, 1.807) is 7.11 Å². The van der Waals surface area contributed by atoms with E-state index in [0.29, 0.717) is 13.2 Å². The van der Waals surface area contributed by atoms with Crippen molar-refractivity contribution in [3.05, 3.63) is 29.3 Å². The SMILES string of the molecule is COC[C@@H](C)NC[C@H](O)COc1ccc(C(C)(C)C)cc1C. The third-order valence-corrected chi connectivity index (χ3v) is 3.59. The number of ether oxygens (including phenoxy) is 2. The second-order valence-electron chi connectivity index (χ2n) is 6.96. The van der Waals surface area contributed by atoms with E-state index in [4.69, 9.17) is 9.47 Å². The Morgan fingerprint density at radius 2 is 1.91 bits per heavy atom. The molecular weight excluding hydrogens is 278 g/mol. The van der Waals surface area contributed by atoms with E-state index in [1.807, 2.05) is 19.9 Å². The monoisotopic (exact) mass is 309 g/mol. The van der Waals surface area contributed by atoms with Gasteiger partial charge in [0.1, 0.15) is 18.5 Å². The van der Waals surface area contributed by atoms with Crippen molar-refractivity contribution in [1.82, 2.24) is 5.32 Å². The third kappa shape index (κ3) is 6.34. The van der Waals surface area contributed by atoms with Crippen molar-refractivity contribution >= 4 is 0 Å². The van der Waals surface area contributed by atoms with Crippen LogP contribution >= 0.6 is 0 Å². The molecule has 0 heterocycles. The first-order chi connectivity index (χ1) is 10.2. The second kappa shape index (κ2) is 8.51. The fraction of sp³-hybridized carbons (Fsp3) is 0.667. The van der Waals surface area contributed by atoms with Crippen molar-refractivity contribution < 1.29 is 14.6 Å². The zero-order valence-corrected chi connectivity index (χ0v) is 14.8. The molecular formula is C18H31NO3. The zero-order chi connectivity index (χ0) is 16.8. The van der Waals surface area contributed by atoms with Crippen molar-refractivity contribution in [3.8, 4) is 5.75 Å². The smallest absolute Gasteiger partial charge is 0.122 e.